The molecule has 1 aromatic rings. The quantitative estimate of drug-likeness (QED) is 0.707. The van der Waals surface area contributed by atoms with Crippen molar-refractivity contribution in [1.82, 2.24) is 9.78 Å². The zero-order valence-corrected chi connectivity index (χ0v) is 8.58. The van der Waals surface area contributed by atoms with Gasteiger partial charge in [0.15, 0.2) is 0 Å². The van der Waals surface area contributed by atoms with Crippen molar-refractivity contribution in [2.75, 3.05) is 5.73 Å². The molecule has 13 heavy (non-hydrogen) atoms. The van der Waals surface area contributed by atoms with Crippen LogP contribution in [0.2, 0.25) is 0 Å². The Morgan fingerprint density at radius 1 is 1.38 bits per heavy atom. The zero-order chi connectivity index (χ0) is 9.68. The number of hydrogen-bond acceptors (Lipinski definition) is 2. The molecule has 0 saturated heterocycles. The van der Waals surface area contributed by atoms with Gasteiger partial charge in [0.1, 0.15) is 5.82 Å². The SMILES string of the molecule is CCCCCCc1cc(N)n(C)n1. The normalized spacial score (nSPS) is 10.6. The lowest BCUT2D eigenvalue weighted by Gasteiger charge is -1.95. The van der Waals surface area contributed by atoms with Crippen molar-refractivity contribution in [3.8, 4) is 0 Å². The standard InChI is InChI=1S/C10H19N3/c1-3-4-5-6-7-9-8-10(11)13(2)12-9/h8H,3-7,11H2,1-2H3. The molecule has 1 rings (SSSR count). The molecule has 0 aliphatic heterocycles. The highest BCUT2D eigenvalue weighted by Gasteiger charge is 2.00. The lowest BCUT2D eigenvalue weighted by atomic mass is 10.1. The number of aryl methyl sites for hydroxylation is 2. The average Bonchev–Trinajstić information content (AvgIpc) is 2.41. The average molecular weight is 181 g/mol. The summed E-state index contributed by atoms with van der Waals surface area (Å²) in [7, 11) is 1.88. The molecule has 0 aliphatic carbocycles. The van der Waals surface area contributed by atoms with Crippen LogP contribution in [0.4, 0.5) is 5.82 Å². The Morgan fingerprint density at radius 2 is 2.15 bits per heavy atom. The Kier molecular flexibility index (Phi) is 3.80. The fraction of sp³-hybridized carbons (Fsp3) is 0.700. The summed E-state index contributed by atoms with van der Waals surface area (Å²) < 4.78 is 1.73. The van der Waals surface area contributed by atoms with Gasteiger partial charge in [-0.05, 0) is 12.8 Å². The molecule has 0 radical (unpaired) electrons. The van der Waals surface area contributed by atoms with E-state index in [0.29, 0.717) is 0 Å². The van der Waals surface area contributed by atoms with Crippen LogP contribution in [0.15, 0.2) is 6.07 Å². The first kappa shape index (κ1) is 10.1. The molecule has 3 nitrogen and oxygen atoms in total. The van der Waals surface area contributed by atoms with Gasteiger partial charge in [0, 0.05) is 13.1 Å². The number of nitrogens with zero attached hydrogens (tertiary/aromatic N) is 2. The molecular formula is C10H19N3. The van der Waals surface area contributed by atoms with E-state index in [0.717, 1.165) is 17.9 Å². The highest BCUT2D eigenvalue weighted by atomic mass is 15.3. The lowest BCUT2D eigenvalue weighted by molar-refractivity contribution is 0.650. The summed E-state index contributed by atoms with van der Waals surface area (Å²) >= 11 is 0. The van der Waals surface area contributed by atoms with Gasteiger partial charge in [-0.3, -0.25) is 4.68 Å². The predicted molar refractivity (Wildman–Crippen MR) is 55.5 cm³/mol. The van der Waals surface area contributed by atoms with Gasteiger partial charge >= 0.3 is 0 Å². The number of anilines is 1. The van der Waals surface area contributed by atoms with Gasteiger partial charge in [0.2, 0.25) is 0 Å². The molecule has 0 aliphatic rings. The van der Waals surface area contributed by atoms with Crippen molar-refractivity contribution in [1.29, 1.82) is 0 Å². The van der Waals surface area contributed by atoms with E-state index >= 15 is 0 Å². The zero-order valence-electron chi connectivity index (χ0n) is 8.58. The molecule has 0 amide bonds. The van der Waals surface area contributed by atoms with Crippen LogP contribution in [0.3, 0.4) is 0 Å². The van der Waals surface area contributed by atoms with Crippen LogP contribution < -0.4 is 5.73 Å². The minimum Gasteiger partial charge on any atom is -0.384 e. The highest BCUT2D eigenvalue weighted by molar-refractivity contribution is 5.30. The third-order valence-corrected chi connectivity index (χ3v) is 2.25. The maximum Gasteiger partial charge on any atom is 0.121 e. The topological polar surface area (TPSA) is 43.8 Å². The van der Waals surface area contributed by atoms with Gasteiger partial charge in [-0.1, -0.05) is 26.2 Å². The van der Waals surface area contributed by atoms with Crippen molar-refractivity contribution >= 4 is 5.82 Å². The van der Waals surface area contributed by atoms with Crippen LogP contribution in [0.1, 0.15) is 38.3 Å². The van der Waals surface area contributed by atoms with E-state index in [1.54, 1.807) is 4.68 Å². The smallest absolute Gasteiger partial charge is 0.121 e. The Morgan fingerprint density at radius 3 is 2.69 bits per heavy atom. The monoisotopic (exact) mass is 181 g/mol. The van der Waals surface area contributed by atoms with Crippen molar-refractivity contribution in [2.24, 2.45) is 7.05 Å². The highest BCUT2D eigenvalue weighted by Crippen LogP contribution is 2.09. The van der Waals surface area contributed by atoms with Gasteiger partial charge in [-0.25, -0.2) is 0 Å². The van der Waals surface area contributed by atoms with Crippen LogP contribution in [-0.4, -0.2) is 9.78 Å². The second-order valence-electron chi connectivity index (χ2n) is 3.49. The van der Waals surface area contributed by atoms with E-state index in [-0.39, 0.29) is 0 Å². The summed E-state index contributed by atoms with van der Waals surface area (Å²) in [6, 6.07) is 1.96. The van der Waals surface area contributed by atoms with Crippen molar-refractivity contribution < 1.29 is 0 Å². The maximum absolute atomic E-state index is 5.67. The van der Waals surface area contributed by atoms with Crippen molar-refractivity contribution in [3.63, 3.8) is 0 Å². The van der Waals surface area contributed by atoms with Crippen LogP contribution in [0.25, 0.3) is 0 Å². The Hall–Kier alpha value is -0.990. The molecule has 74 valence electrons. The lowest BCUT2D eigenvalue weighted by Crippen LogP contribution is -1.97. The van der Waals surface area contributed by atoms with Gasteiger partial charge in [0.05, 0.1) is 5.69 Å². The number of aromatic nitrogens is 2. The van der Waals surface area contributed by atoms with Gasteiger partial charge in [-0.2, -0.15) is 5.10 Å². The minimum atomic E-state index is 0.755. The third kappa shape index (κ3) is 3.09. The molecular weight excluding hydrogens is 162 g/mol. The fourth-order valence-electron chi connectivity index (χ4n) is 1.40. The first-order valence-corrected chi connectivity index (χ1v) is 5.02. The molecule has 0 saturated carbocycles. The number of hydrogen-bond donors (Lipinski definition) is 1. The third-order valence-electron chi connectivity index (χ3n) is 2.25. The second-order valence-corrected chi connectivity index (χ2v) is 3.49. The summed E-state index contributed by atoms with van der Waals surface area (Å²) in [5, 5.41) is 4.30. The Bertz CT molecular complexity index is 233. The predicted octanol–water partition coefficient (Wildman–Crippen LogP) is 2.13. The van der Waals surface area contributed by atoms with Crippen molar-refractivity contribution in [3.05, 3.63) is 11.8 Å². The Balaban J connectivity index is 2.29. The van der Waals surface area contributed by atoms with Gasteiger partial charge in [0.25, 0.3) is 0 Å². The fourth-order valence-corrected chi connectivity index (χ4v) is 1.40. The Labute approximate surface area is 79.9 Å². The molecule has 0 bridgehead atoms. The molecule has 0 atom stereocenters. The van der Waals surface area contributed by atoms with Crippen LogP contribution in [0.5, 0.6) is 0 Å². The largest absolute Gasteiger partial charge is 0.384 e. The number of nitrogens with two attached hydrogens (primary N) is 1. The summed E-state index contributed by atoms with van der Waals surface area (Å²) in [4.78, 5) is 0. The van der Waals surface area contributed by atoms with Crippen LogP contribution >= 0.6 is 0 Å². The number of rotatable bonds is 5. The molecule has 2 N–H and O–H groups in total. The molecule has 0 spiro atoms. The van der Waals surface area contributed by atoms with Gasteiger partial charge in [-0.15, -0.1) is 0 Å². The molecule has 3 heteroatoms. The number of nitrogen functional groups attached to an aromatic ring is 1. The molecule has 0 unspecified atom stereocenters. The molecule has 0 fully saturated rings. The van der Waals surface area contributed by atoms with E-state index in [2.05, 4.69) is 12.0 Å². The van der Waals surface area contributed by atoms with E-state index in [1.807, 2.05) is 13.1 Å². The summed E-state index contributed by atoms with van der Waals surface area (Å²) in [6.07, 6.45) is 6.19. The van der Waals surface area contributed by atoms with E-state index in [1.165, 1.54) is 25.7 Å². The summed E-state index contributed by atoms with van der Waals surface area (Å²) in [5.41, 5.74) is 6.79. The minimum absolute atomic E-state index is 0.755. The first-order chi connectivity index (χ1) is 6.24. The van der Waals surface area contributed by atoms with Gasteiger partial charge < -0.3 is 5.73 Å². The number of unbranched alkanes of at least 4 members (excludes halogenated alkanes) is 3. The molecule has 0 aromatic carbocycles. The maximum atomic E-state index is 5.67. The second kappa shape index (κ2) is 4.90. The molecule has 1 heterocycles. The van der Waals surface area contributed by atoms with Crippen LogP contribution in [0, 0.1) is 0 Å². The van der Waals surface area contributed by atoms with E-state index < -0.39 is 0 Å². The molecule has 1 aromatic heterocycles. The summed E-state index contributed by atoms with van der Waals surface area (Å²) in [5.74, 6) is 0.755. The van der Waals surface area contributed by atoms with E-state index in [4.69, 9.17) is 5.73 Å². The van der Waals surface area contributed by atoms with Crippen LogP contribution in [-0.2, 0) is 13.5 Å². The summed E-state index contributed by atoms with van der Waals surface area (Å²) in [6.45, 7) is 2.22. The first-order valence-electron chi connectivity index (χ1n) is 5.02. The van der Waals surface area contributed by atoms with E-state index in [9.17, 15) is 0 Å². The van der Waals surface area contributed by atoms with Crippen molar-refractivity contribution in [2.45, 2.75) is 39.0 Å².